The van der Waals surface area contributed by atoms with Crippen LogP contribution in [-0.2, 0) is 11.2 Å². The van der Waals surface area contributed by atoms with Crippen molar-refractivity contribution in [3.63, 3.8) is 0 Å². The number of benzene rings is 2. The van der Waals surface area contributed by atoms with Crippen molar-refractivity contribution in [1.82, 2.24) is 5.32 Å². The van der Waals surface area contributed by atoms with Crippen molar-refractivity contribution in [1.29, 1.82) is 0 Å². The van der Waals surface area contributed by atoms with Gasteiger partial charge in [0.2, 0.25) is 5.91 Å². The van der Waals surface area contributed by atoms with Crippen LogP contribution in [0.1, 0.15) is 54.4 Å². The molecule has 0 spiro atoms. The Kier molecular flexibility index (Phi) is 7.04. The quantitative estimate of drug-likeness (QED) is 0.705. The molecule has 0 bridgehead atoms. The molecule has 2 aromatic rings. The summed E-state index contributed by atoms with van der Waals surface area (Å²) in [6.07, 6.45) is 5.87. The van der Waals surface area contributed by atoms with E-state index in [2.05, 4.69) is 10.6 Å². The summed E-state index contributed by atoms with van der Waals surface area (Å²) in [5, 5.41) is 6.13. The third kappa shape index (κ3) is 5.55. The largest absolute Gasteiger partial charge is 0.349 e. The van der Waals surface area contributed by atoms with Gasteiger partial charge in [0.05, 0.1) is 10.6 Å². The van der Waals surface area contributed by atoms with E-state index in [4.69, 9.17) is 11.6 Å². The fourth-order valence-electron chi connectivity index (χ4n) is 3.46. The molecule has 2 aromatic carbocycles. The average molecular weight is 403 g/mol. The van der Waals surface area contributed by atoms with Crippen molar-refractivity contribution >= 4 is 29.1 Å². The Balaban J connectivity index is 1.59. The van der Waals surface area contributed by atoms with Crippen molar-refractivity contribution in [2.24, 2.45) is 0 Å². The number of rotatable bonds is 6. The highest BCUT2D eigenvalue weighted by Gasteiger charge is 2.19. The predicted octanol–water partition coefficient (Wildman–Crippen LogP) is 5.11. The number of hydrogen-bond donors (Lipinski definition) is 2. The van der Waals surface area contributed by atoms with Gasteiger partial charge >= 0.3 is 0 Å². The summed E-state index contributed by atoms with van der Waals surface area (Å²) in [4.78, 5) is 24.8. The summed E-state index contributed by atoms with van der Waals surface area (Å²) in [5.41, 5.74) is 1.34. The zero-order valence-electron chi connectivity index (χ0n) is 15.6. The van der Waals surface area contributed by atoms with E-state index in [0.29, 0.717) is 28.3 Å². The Morgan fingerprint density at radius 2 is 1.82 bits per heavy atom. The van der Waals surface area contributed by atoms with Gasteiger partial charge in [-0.2, -0.15) is 0 Å². The summed E-state index contributed by atoms with van der Waals surface area (Å²) in [5.74, 6) is -0.785. The van der Waals surface area contributed by atoms with Gasteiger partial charge in [0.25, 0.3) is 5.91 Å². The van der Waals surface area contributed by atoms with Gasteiger partial charge in [-0.15, -0.1) is 0 Å². The monoisotopic (exact) mass is 402 g/mol. The van der Waals surface area contributed by atoms with Crippen LogP contribution in [-0.4, -0.2) is 17.9 Å². The second-order valence-corrected chi connectivity index (χ2v) is 7.55. The highest BCUT2D eigenvalue weighted by Crippen LogP contribution is 2.23. The number of carbonyl (C=O) groups excluding carboxylic acids is 2. The molecular weight excluding hydrogens is 379 g/mol. The molecule has 1 saturated carbocycles. The minimum absolute atomic E-state index is 0.146. The van der Waals surface area contributed by atoms with Crippen molar-refractivity contribution in [2.75, 3.05) is 5.32 Å². The molecule has 1 aliphatic rings. The molecule has 28 heavy (non-hydrogen) atoms. The van der Waals surface area contributed by atoms with Crippen molar-refractivity contribution in [3.05, 3.63) is 64.4 Å². The van der Waals surface area contributed by atoms with Crippen LogP contribution in [0.2, 0.25) is 5.02 Å². The summed E-state index contributed by atoms with van der Waals surface area (Å²) in [7, 11) is 0. The Labute approximate surface area is 169 Å². The molecule has 0 heterocycles. The minimum Gasteiger partial charge on any atom is -0.349 e. The molecule has 1 aliphatic carbocycles. The first-order chi connectivity index (χ1) is 13.5. The van der Waals surface area contributed by atoms with Crippen LogP contribution < -0.4 is 10.6 Å². The van der Waals surface area contributed by atoms with Gasteiger partial charge in [0.1, 0.15) is 5.82 Å². The van der Waals surface area contributed by atoms with Crippen LogP contribution in [0.5, 0.6) is 0 Å². The highest BCUT2D eigenvalue weighted by atomic mass is 35.5. The molecule has 2 N–H and O–H groups in total. The van der Waals surface area contributed by atoms with Gasteiger partial charge in [-0.1, -0.05) is 49.1 Å². The zero-order chi connectivity index (χ0) is 19.9. The highest BCUT2D eigenvalue weighted by molar-refractivity contribution is 6.34. The molecule has 0 aliphatic heterocycles. The SMILES string of the molecule is O=C(CCc1ccccc1F)Nc1ccc(Cl)c(C(=O)NC2CCCCC2)c1. The fourth-order valence-corrected chi connectivity index (χ4v) is 3.66. The molecule has 6 heteroatoms. The normalized spacial score (nSPS) is 14.5. The van der Waals surface area contributed by atoms with E-state index in [-0.39, 0.29) is 30.1 Å². The van der Waals surface area contributed by atoms with E-state index in [9.17, 15) is 14.0 Å². The first-order valence-electron chi connectivity index (χ1n) is 9.66. The minimum atomic E-state index is -0.316. The standard InChI is InChI=1S/C22H24ClFN2O2/c23-19-12-11-17(14-18(19)22(28)26-16-7-2-1-3-8-16)25-21(27)13-10-15-6-4-5-9-20(15)24/h4-6,9,11-12,14,16H,1-3,7-8,10,13H2,(H,25,27)(H,26,28). The van der Waals surface area contributed by atoms with Gasteiger partial charge in [-0.05, 0) is 49.1 Å². The summed E-state index contributed by atoms with van der Waals surface area (Å²) in [6.45, 7) is 0. The van der Waals surface area contributed by atoms with E-state index < -0.39 is 0 Å². The van der Waals surface area contributed by atoms with Crippen LogP contribution >= 0.6 is 11.6 Å². The van der Waals surface area contributed by atoms with Gasteiger partial charge in [-0.3, -0.25) is 9.59 Å². The lowest BCUT2D eigenvalue weighted by atomic mass is 9.95. The van der Waals surface area contributed by atoms with Gasteiger partial charge in [0.15, 0.2) is 0 Å². The topological polar surface area (TPSA) is 58.2 Å². The van der Waals surface area contributed by atoms with Crippen LogP contribution in [0.25, 0.3) is 0 Å². The molecule has 148 valence electrons. The number of aryl methyl sites for hydroxylation is 1. The number of nitrogens with one attached hydrogen (secondary N) is 2. The maximum absolute atomic E-state index is 13.7. The van der Waals surface area contributed by atoms with Crippen LogP contribution in [0, 0.1) is 5.82 Å². The maximum Gasteiger partial charge on any atom is 0.253 e. The Hall–Kier alpha value is -2.40. The smallest absolute Gasteiger partial charge is 0.253 e. The van der Waals surface area contributed by atoms with Gasteiger partial charge in [0, 0.05) is 18.2 Å². The summed E-state index contributed by atoms with van der Waals surface area (Å²) >= 11 is 6.19. The van der Waals surface area contributed by atoms with Gasteiger partial charge in [-0.25, -0.2) is 4.39 Å². The van der Waals surface area contributed by atoms with Crippen molar-refractivity contribution in [3.8, 4) is 0 Å². The third-order valence-corrected chi connectivity index (χ3v) is 5.34. The lowest BCUT2D eigenvalue weighted by molar-refractivity contribution is -0.116. The Morgan fingerprint density at radius 3 is 2.57 bits per heavy atom. The van der Waals surface area contributed by atoms with Gasteiger partial charge < -0.3 is 10.6 Å². The van der Waals surface area contributed by atoms with Crippen LogP contribution in [0.3, 0.4) is 0 Å². The van der Waals surface area contributed by atoms with E-state index >= 15 is 0 Å². The lowest BCUT2D eigenvalue weighted by Gasteiger charge is -2.23. The average Bonchev–Trinajstić information content (AvgIpc) is 2.69. The second-order valence-electron chi connectivity index (χ2n) is 7.14. The number of amides is 2. The molecule has 0 radical (unpaired) electrons. The van der Waals surface area contributed by atoms with Crippen LogP contribution in [0.15, 0.2) is 42.5 Å². The molecule has 0 unspecified atom stereocenters. The number of carbonyl (C=O) groups is 2. The molecule has 0 saturated heterocycles. The van der Waals surface area contributed by atoms with Crippen molar-refractivity contribution < 1.29 is 14.0 Å². The van der Waals surface area contributed by atoms with E-state index in [1.165, 1.54) is 12.5 Å². The lowest BCUT2D eigenvalue weighted by Crippen LogP contribution is -2.36. The zero-order valence-corrected chi connectivity index (χ0v) is 16.4. The van der Waals surface area contributed by atoms with E-state index in [1.54, 1.807) is 36.4 Å². The molecule has 2 amide bonds. The summed E-state index contributed by atoms with van der Waals surface area (Å²) in [6, 6.07) is 11.4. The Morgan fingerprint density at radius 1 is 1.07 bits per heavy atom. The molecule has 0 aromatic heterocycles. The number of halogens is 2. The van der Waals surface area contributed by atoms with Crippen LogP contribution in [0.4, 0.5) is 10.1 Å². The number of anilines is 1. The van der Waals surface area contributed by atoms with E-state index in [1.807, 2.05) is 0 Å². The first kappa shape index (κ1) is 20.3. The first-order valence-corrected chi connectivity index (χ1v) is 10.0. The molecule has 1 fully saturated rings. The molecule has 0 atom stereocenters. The fraction of sp³-hybridized carbons (Fsp3) is 0.364. The summed E-state index contributed by atoms with van der Waals surface area (Å²) < 4.78 is 13.7. The van der Waals surface area contributed by atoms with E-state index in [0.717, 1.165) is 25.7 Å². The predicted molar refractivity (Wildman–Crippen MR) is 109 cm³/mol. The number of hydrogen-bond acceptors (Lipinski definition) is 2. The van der Waals surface area contributed by atoms with Crippen molar-refractivity contribution in [2.45, 2.75) is 51.0 Å². The second kappa shape index (κ2) is 9.69. The molecule has 4 nitrogen and oxygen atoms in total. The maximum atomic E-state index is 13.7. The third-order valence-electron chi connectivity index (χ3n) is 5.01. The molecule has 3 rings (SSSR count). The Bertz CT molecular complexity index is 850. The molecular formula is C22H24ClFN2O2.